The Morgan fingerprint density at radius 3 is 2.39 bits per heavy atom. The molecule has 118 valence electrons. The molecule has 1 aliphatic rings. The molecule has 0 aliphatic carbocycles. The van der Waals surface area contributed by atoms with Gasteiger partial charge in [0.2, 0.25) is 0 Å². The van der Waals surface area contributed by atoms with Gasteiger partial charge in [-0.2, -0.15) is 0 Å². The van der Waals surface area contributed by atoms with Crippen molar-refractivity contribution in [3.05, 3.63) is 60.2 Å². The van der Waals surface area contributed by atoms with Crippen LogP contribution in [-0.2, 0) is 0 Å². The van der Waals surface area contributed by atoms with Crippen LogP contribution in [0.3, 0.4) is 0 Å². The van der Waals surface area contributed by atoms with Crippen LogP contribution in [0, 0.1) is 0 Å². The van der Waals surface area contributed by atoms with Crippen molar-refractivity contribution in [1.29, 1.82) is 0 Å². The van der Waals surface area contributed by atoms with Gasteiger partial charge in [-0.25, -0.2) is 4.79 Å². The van der Waals surface area contributed by atoms with E-state index in [2.05, 4.69) is 5.32 Å². The molecule has 0 radical (unpaired) electrons. The number of carbonyl (C=O) groups is 2. The third-order valence-corrected chi connectivity index (χ3v) is 3.91. The molecule has 5 nitrogen and oxygen atoms in total. The highest BCUT2D eigenvalue weighted by molar-refractivity contribution is 6.04. The van der Waals surface area contributed by atoms with Crippen molar-refractivity contribution in [2.75, 3.05) is 30.4 Å². The molecule has 1 heterocycles. The van der Waals surface area contributed by atoms with Gasteiger partial charge in [0.1, 0.15) is 0 Å². The molecule has 0 atom stereocenters. The Balaban J connectivity index is 1.70. The van der Waals surface area contributed by atoms with E-state index in [0.717, 1.165) is 25.2 Å². The predicted molar refractivity (Wildman–Crippen MR) is 90.8 cm³/mol. The van der Waals surface area contributed by atoms with Gasteiger partial charge in [-0.3, -0.25) is 9.69 Å². The van der Waals surface area contributed by atoms with Crippen LogP contribution in [0.5, 0.6) is 0 Å². The molecule has 3 amide bonds. The predicted octanol–water partition coefficient (Wildman–Crippen LogP) is 3.20. The number of nitrogens with zero attached hydrogens (tertiary/aromatic N) is 2. The number of urea groups is 1. The molecule has 3 rings (SSSR count). The Morgan fingerprint density at radius 2 is 1.70 bits per heavy atom. The van der Waals surface area contributed by atoms with Crippen molar-refractivity contribution in [2.24, 2.45) is 0 Å². The maximum absolute atomic E-state index is 12.2. The minimum absolute atomic E-state index is 0.0114. The number of rotatable bonds is 3. The van der Waals surface area contributed by atoms with Crippen molar-refractivity contribution >= 4 is 23.3 Å². The summed E-state index contributed by atoms with van der Waals surface area (Å²) in [5, 5.41) is 2.86. The number of hydrogen-bond acceptors (Lipinski definition) is 2. The number of anilines is 2. The average molecular weight is 309 g/mol. The van der Waals surface area contributed by atoms with E-state index in [1.165, 1.54) is 0 Å². The minimum atomic E-state index is -0.146. The van der Waals surface area contributed by atoms with Crippen LogP contribution in [0.1, 0.15) is 16.8 Å². The summed E-state index contributed by atoms with van der Waals surface area (Å²) < 4.78 is 0. The van der Waals surface area contributed by atoms with E-state index < -0.39 is 0 Å². The summed E-state index contributed by atoms with van der Waals surface area (Å²) in [5.41, 5.74) is 2.17. The van der Waals surface area contributed by atoms with E-state index in [4.69, 9.17) is 0 Å². The quantitative estimate of drug-likeness (QED) is 0.946. The Labute approximate surface area is 135 Å². The second-order valence-corrected chi connectivity index (χ2v) is 5.58. The molecule has 2 aromatic rings. The molecule has 1 N–H and O–H groups in total. The normalized spacial score (nSPS) is 14.7. The van der Waals surface area contributed by atoms with Crippen LogP contribution in [0.2, 0.25) is 0 Å². The lowest BCUT2D eigenvalue weighted by molar-refractivity contribution is 0.102. The number of amides is 3. The molecule has 1 aliphatic heterocycles. The molecule has 0 spiro atoms. The Bertz CT molecular complexity index is 698. The molecule has 1 saturated heterocycles. The summed E-state index contributed by atoms with van der Waals surface area (Å²) in [6.07, 6.45) is 0.953. The second-order valence-electron chi connectivity index (χ2n) is 5.58. The zero-order valence-electron chi connectivity index (χ0n) is 13.0. The van der Waals surface area contributed by atoms with Crippen molar-refractivity contribution in [2.45, 2.75) is 6.42 Å². The van der Waals surface area contributed by atoms with Gasteiger partial charge in [-0.05, 0) is 42.8 Å². The summed E-state index contributed by atoms with van der Waals surface area (Å²) in [6, 6.07) is 16.4. The van der Waals surface area contributed by atoms with Crippen LogP contribution in [0.4, 0.5) is 16.2 Å². The lowest BCUT2D eigenvalue weighted by Crippen LogP contribution is -2.47. The number of hydrogen-bond donors (Lipinski definition) is 1. The first-order valence-electron chi connectivity index (χ1n) is 7.64. The number of nitrogens with one attached hydrogen (secondary N) is 1. The van der Waals surface area contributed by atoms with Crippen LogP contribution >= 0.6 is 0 Å². The fraction of sp³-hybridized carbons (Fsp3) is 0.222. The Kier molecular flexibility index (Phi) is 4.28. The van der Waals surface area contributed by atoms with Gasteiger partial charge in [0, 0.05) is 37.1 Å². The zero-order chi connectivity index (χ0) is 16.2. The van der Waals surface area contributed by atoms with Crippen LogP contribution in [0.15, 0.2) is 54.6 Å². The van der Waals surface area contributed by atoms with E-state index in [1.54, 1.807) is 21.9 Å². The van der Waals surface area contributed by atoms with Crippen molar-refractivity contribution in [3.8, 4) is 0 Å². The van der Waals surface area contributed by atoms with Crippen molar-refractivity contribution < 1.29 is 9.59 Å². The fourth-order valence-electron chi connectivity index (χ4n) is 2.62. The maximum atomic E-state index is 12.2. The van der Waals surface area contributed by atoms with Gasteiger partial charge in [0.15, 0.2) is 0 Å². The van der Waals surface area contributed by atoms with E-state index in [9.17, 15) is 9.59 Å². The molecular weight excluding hydrogens is 290 g/mol. The molecule has 1 fully saturated rings. The molecule has 5 heteroatoms. The standard InChI is InChI=1S/C18H19N3O2/c1-20-12-5-13-21(18(20)23)16-10-8-15(9-11-16)19-17(22)14-6-3-2-4-7-14/h2-4,6-11H,5,12-13H2,1H3,(H,19,22). The van der Waals surface area contributed by atoms with Gasteiger partial charge < -0.3 is 10.2 Å². The third kappa shape index (κ3) is 3.34. The number of benzene rings is 2. The summed E-state index contributed by atoms with van der Waals surface area (Å²) in [7, 11) is 1.81. The average Bonchev–Trinajstić information content (AvgIpc) is 2.59. The summed E-state index contributed by atoms with van der Waals surface area (Å²) in [6.45, 7) is 1.51. The third-order valence-electron chi connectivity index (χ3n) is 3.91. The Morgan fingerprint density at radius 1 is 1.00 bits per heavy atom. The smallest absolute Gasteiger partial charge is 0.324 e. The molecule has 0 aromatic heterocycles. The first kappa shape index (κ1) is 15.1. The lowest BCUT2D eigenvalue weighted by Gasteiger charge is -2.33. The summed E-state index contributed by atoms with van der Waals surface area (Å²) in [5.74, 6) is -0.146. The molecule has 2 aromatic carbocycles. The second kappa shape index (κ2) is 6.52. The molecular formula is C18H19N3O2. The largest absolute Gasteiger partial charge is 0.327 e. The van der Waals surface area contributed by atoms with Crippen molar-refractivity contribution in [1.82, 2.24) is 4.90 Å². The highest BCUT2D eigenvalue weighted by Gasteiger charge is 2.23. The van der Waals surface area contributed by atoms with Crippen LogP contribution in [0.25, 0.3) is 0 Å². The SMILES string of the molecule is CN1CCCN(c2ccc(NC(=O)c3ccccc3)cc2)C1=O. The lowest BCUT2D eigenvalue weighted by atomic mass is 10.2. The van der Waals surface area contributed by atoms with Gasteiger partial charge in [0.25, 0.3) is 5.91 Å². The highest BCUT2D eigenvalue weighted by atomic mass is 16.2. The summed E-state index contributed by atoms with van der Waals surface area (Å²) in [4.78, 5) is 27.7. The van der Waals surface area contributed by atoms with E-state index in [1.807, 2.05) is 49.5 Å². The first-order chi connectivity index (χ1) is 11.1. The molecule has 0 saturated carbocycles. The highest BCUT2D eigenvalue weighted by Crippen LogP contribution is 2.22. The van der Waals surface area contributed by atoms with Crippen molar-refractivity contribution in [3.63, 3.8) is 0 Å². The minimum Gasteiger partial charge on any atom is -0.327 e. The maximum Gasteiger partial charge on any atom is 0.324 e. The van der Waals surface area contributed by atoms with E-state index >= 15 is 0 Å². The molecule has 23 heavy (non-hydrogen) atoms. The fourth-order valence-corrected chi connectivity index (χ4v) is 2.62. The number of carbonyl (C=O) groups excluding carboxylic acids is 2. The Hall–Kier alpha value is -2.82. The van der Waals surface area contributed by atoms with Gasteiger partial charge >= 0.3 is 6.03 Å². The van der Waals surface area contributed by atoms with Gasteiger partial charge in [-0.1, -0.05) is 18.2 Å². The molecule has 0 unspecified atom stereocenters. The molecule has 0 bridgehead atoms. The van der Waals surface area contributed by atoms with Crippen LogP contribution in [-0.4, -0.2) is 37.0 Å². The van der Waals surface area contributed by atoms with E-state index in [-0.39, 0.29) is 11.9 Å². The zero-order valence-corrected chi connectivity index (χ0v) is 13.0. The van der Waals surface area contributed by atoms with Gasteiger partial charge in [0.05, 0.1) is 0 Å². The first-order valence-corrected chi connectivity index (χ1v) is 7.64. The van der Waals surface area contributed by atoms with Crippen LogP contribution < -0.4 is 10.2 Å². The monoisotopic (exact) mass is 309 g/mol. The topological polar surface area (TPSA) is 52.6 Å². The summed E-state index contributed by atoms with van der Waals surface area (Å²) >= 11 is 0. The van der Waals surface area contributed by atoms with Gasteiger partial charge in [-0.15, -0.1) is 0 Å². The van der Waals surface area contributed by atoms with E-state index in [0.29, 0.717) is 11.3 Å².